The van der Waals surface area contributed by atoms with Crippen LogP contribution in [0.25, 0.3) is 0 Å². The van der Waals surface area contributed by atoms with Gasteiger partial charge in [0.2, 0.25) is 5.91 Å². The van der Waals surface area contributed by atoms with Crippen LogP contribution in [0, 0.1) is 5.92 Å². The van der Waals surface area contributed by atoms with E-state index in [1.807, 2.05) is 0 Å². The molecule has 3 aliphatic rings. The molecular weight excluding hydrogens is 154 g/mol. The fourth-order valence-corrected chi connectivity index (χ4v) is 2.98. The number of carbonyl (C=O) groups is 1. The molecule has 3 fully saturated rings. The molecular formula is C9H13NO2. The van der Waals surface area contributed by atoms with Crippen LogP contribution in [0.4, 0.5) is 0 Å². The van der Waals surface area contributed by atoms with Crippen LogP contribution < -0.4 is 5.32 Å². The highest BCUT2D eigenvalue weighted by Gasteiger charge is 2.57. The van der Waals surface area contributed by atoms with Crippen molar-refractivity contribution in [1.82, 2.24) is 5.32 Å². The highest BCUT2D eigenvalue weighted by Crippen LogP contribution is 2.50. The summed E-state index contributed by atoms with van der Waals surface area (Å²) in [6.07, 6.45) is 4.66. The number of amides is 1. The fourth-order valence-electron chi connectivity index (χ4n) is 2.98. The highest BCUT2D eigenvalue weighted by molar-refractivity contribution is 5.81. The van der Waals surface area contributed by atoms with Gasteiger partial charge in [0.15, 0.2) is 0 Å². The predicted octanol–water partition coefficient (Wildman–Crippen LogP) is 0.444. The van der Waals surface area contributed by atoms with Gasteiger partial charge in [-0.2, -0.15) is 0 Å². The number of hydrogen-bond donors (Lipinski definition) is 1. The van der Waals surface area contributed by atoms with Crippen LogP contribution in [0.5, 0.6) is 0 Å². The van der Waals surface area contributed by atoms with Crippen molar-refractivity contribution in [3.8, 4) is 0 Å². The second kappa shape index (κ2) is 2.02. The van der Waals surface area contributed by atoms with Crippen LogP contribution >= 0.6 is 0 Å². The Balaban J connectivity index is 1.97. The van der Waals surface area contributed by atoms with E-state index in [2.05, 4.69) is 5.32 Å². The Morgan fingerprint density at radius 3 is 3.17 bits per heavy atom. The van der Waals surface area contributed by atoms with Gasteiger partial charge in [0.25, 0.3) is 0 Å². The number of ether oxygens (including phenoxy) is 1. The van der Waals surface area contributed by atoms with Crippen molar-refractivity contribution in [1.29, 1.82) is 0 Å². The van der Waals surface area contributed by atoms with Gasteiger partial charge in [0.05, 0.1) is 17.6 Å². The van der Waals surface area contributed by atoms with Crippen LogP contribution in [0.1, 0.15) is 25.7 Å². The maximum atomic E-state index is 11.5. The van der Waals surface area contributed by atoms with Gasteiger partial charge in [-0.15, -0.1) is 0 Å². The molecule has 0 aliphatic carbocycles. The normalized spacial score (nSPS) is 50.5. The fraction of sp³-hybridized carbons (Fsp3) is 0.889. The van der Waals surface area contributed by atoms with Crippen molar-refractivity contribution in [2.24, 2.45) is 5.92 Å². The van der Waals surface area contributed by atoms with Crippen molar-refractivity contribution < 1.29 is 9.53 Å². The minimum Gasteiger partial charge on any atom is -0.371 e. The minimum absolute atomic E-state index is 0.0347. The Labute approximate surface area is 71.5 Å². The van der Waals surface area contributed by atoms with Gasteiger partial charge in [-0.05, 0) is 25.7 Å². The molecule has 3 heteroatoms. The molecule has 3 unspecified atom stereocenters. The summed E-state index contributed by atoms with van der Waals surface area (Å²) in [5.74, 6) is 0.397. The first-order valence-corrected chi connectivity index (χ1v) is 4.76. The largest absolute Gasteiger partial charge is 0.371 e. The van der Waals surface area contributed by atoms with Gasteiger partial charge in [0, 0.05) is 6.54 Å². The Morgan fingerprint density at radius 2 is 2.42 bits per heavy atom. The van der Waals surface area contributed by atoms with E-state index in [1.54, 1.807) is 0 Å². The van der Waals surface area contributed by atoms with Gasteiger partial charge in [-0.3, -0.25) is 4.79 Å². The number of hydrogen-bond acceptors (Lipinski definition) is 2. The molecule has 3 saturated heterocycles. The van der Waals surface area contributed by atoms with Gasteiger partial charge >= 0.3 is 0 Å². The molecule has 0 aromatic carbocycles. The van der Waals surface area contributed by atoms with Crippen molar-refractivity contribution in [2.75, 3.05) is 6.54 Å². The van der Waals surface area contributed by atoms with Crippen molar-refractivity contribution in [3.63, 3.8) is 0 Å². The van der Waals surface area contributed by atoms with Gasteiger partial charge < -0.3 is 10.1 Å². The second-order valence-corrected chi connectivity index (χ2v) is 4.17. The molecule has 12 heavy (non-hydrogen) atoms. The van der Waals surface area contributed by atoms with E-state index in [-0.39, 0.29) is 17.4 Å². The smallest absolute Gasteiger partial charge is 0.226 e. The second-order valence-electron chi connectivity index (χ2n) is 4.17. The van der Waals surface area contributed by atoms with Crippen LogP contribution in [0.2, 0.25) is 0 Å². The lowest BCUT2D eigenvalue weighted by Crippen LogP contribution is -2.51. The molecule has 3 heterocycles. The Kier molecular flexibility index (Phi) is 1.16. The molecule has 66 valence electrons. The van der Waals surface area contributed by atoms with E-state index in [4.69, 9.17) is 4.74 Å². The zero-order valence-corrected chi connectivity index (χ0v) is 7.01. The summed E-state index contributed by atoms with van der Waals surface area (Å²) in [7, 11) is 0. The van der Waals surface area contributed by atoms with Crippen LogP contribution in [0.3, 0.4) is 0 Å². The SMILES string of the molecule is O=C1NCCC23CCC(CC12)O3. The molecule has 3 atom stereocenters. The number of carbonyl (C=O) groups excluding carboxylic acids is 1. The first-order chi connectivity index (χ1) is 5.80. The first-order valence-electron chi connectivity index (χ1n) is 4.76. The third-order valence-electron chi connectivity index (χ3n) is 3.59. The Morgan fingerprint density at radius 1 is 1.50 bits per heavy atom. The van der Waals surface area contributed by atoms with Gasteiger partial charge in [-0.1, -0.05) is 0 Å². The molecule has 0 aromatic heterocycles. The average Bonchev–Trinajstić information content (AvgIpc) is 2.60. The van der Waals surface area contributed by atoms with E-state index < -0.39 is 0 Å². The van der Waals surface area contributed by atoms with Crippen molar-refractivity contribution in [3.05, 3.63) is 0 Å². The molecule has 3 rings (SSSR count). The third kappa shape index (κ3) is 0.678. The molecule has 2 bridgehead atoms. The van der Waals surface area contributed by atoms with Gasteiger partial charge in [0.1, 0.15) is 0 Å². The molecule has 1 N–H and O–H groups in total. The van der Waals surface area contributed by atoms with E-state index in [1.165, 1.54) is 6.42 Å². The summed E-state index contributed by atoms with van der Waals surface area (Å²) in [5.41, 5.74) is -0.0347. The standard InChI is InChI=1S/C9H13NO2/c11-8-7-5-6-1-2-9(7,12-6)3-4-10-8/h6-7H,1-5H2,(H,10,11). The predicted molar refractivity (Wildman–Crippen MR) is 42.6 cm³/mol. The van der Waals surface area contributed by atoms with E-state index >= 15 is 0 Å². The molecule has 1 amide bonds. The lowest BCUT2D eigenvalue weighted by atomic mass is 9.74. The lowest BCUT2D eigenvalue weighted by molar-refractivity contribution is -0.134. The summed E-state index contributed by atoms with van der Waals surface area (Å²) in [6, 6.07) is 0. The maximum Gasteiger partial charge on any atom is 0.226 e. The quantitative estimate of drug-likeness (QED) is 0.568. The number of nitrogens with one attached hydrogen (secondary N) is 1. The molecule has 3 nitrogen and oxygen atoms in total. The molecule has 0 aromatic rings. The lowest BCUT2D eigenvalue weighted by Gasteiger charge is -2.36. The summed E-state index contributed by atoms with van der Waals surface area (Å²) >= 11 is 0. The summed E-state index contributed by atoms with van der Waals surface area (Å²) in [5, 5.41) is 2.91. The van der Waals surface area contributed by atoms with E-state index in [9.17, 15) is 4.79 Å². The van der Waals surface area contributed by atoms with Crippen molar-refractivity contribution in [2.45, 2.75) is 37.4 Å². The number of rotatable bonds is 0. The zero-order chi connectivity index (χ0) is 8.18. The first kappa shape index (κ1) is 6.89. The topological polar surface area (TPSA) is 38.3 Å². The van der Waals surface area contributed by atoms with Crippen LogP contribution in [-0.2, 0) is 9.53 Å². The van der Waals surface area contributed by atoms with E-state index in [0.29, 0.717) is 6.10 Å². The monoisotopic (exact) mass is 167 g/mol. The van der Waals surface area contributed by atoms with Crippen LogP contribution in [-0.4, -0.2) is 24.2 Å². The molecule has 3 aliphatic heterocycles. The summed E-state index contributed by atoms with van der Waals surface area (Å²) in [6.45, 7) is 0.808. The average molecular weight is 167 g/mol. The number of fused-ring (bicyclic) bond motifs is 1. The van der Waals surface area contributed by atoms with Crippen molar-refractivity contribution >= 4 is 5.91 Å². The number of piperidine rings is 1. The summed E-state index contributed by atoms with van der Waals surface area (Å²) in [4.78, 5) is 11.5. The van der Waals surface area contributed by atoms with E-state index in [0.717, 1.165) is 25.8 Å². The Hall–Kier alpha value is -0.570. The minimum atomic E-state index is -0.0347. The maximum absolute atomic E-state index is 11.5. The molecule has 0 saturated carbocycles. The highest BCUT2D eigenvalue weighted by atomic mass is 16.5. The summed E-state index contributed by atoms with van der Waals surface area (Å²) < 4.78 is 5.87. The third-order valence-corrected chi connectivity index (χ3v) is 3.59. The van der Waals surface area contributed by atoms with Crippen LogP contribution in [0.15, 0.2) is 0 Å². The molecule has 0 radical (unpaired) electrons. The van der Waals surface area contributed by atoms with Gasteiger partial charge in [-0.25, -0.2) is 0 Å². The molecule has 1 spiro atoms. The zero-order valence-electron chi connectivity index (χ0n) is 7.01. The Bertz CT molecular complexity index is 241.